The molecule has 0 saturated carbocycles. The van der Waals surface area contributed by atoms with Crippen LogP contribution in [0, 0.1) is 0 Å². The van der Waals surface area contributed by atoms with Crippen LogP contribution in [0.1, 0.15) is 43.7 Å². The fourth-order valence-electron chi connectivity index (χ4n) is 5.99. The second-order valence-electron chi connectivity index (χ2n) is 10.7. The summed E-state index contributed by atoms with van der Waals surface area (Å²) in [5.41, 5.74) is 1.28. The monoisotopic (exact) mass is 575 g/mol. The number of carbonyl (C=O) groups excluding carboxylic acids is 2. The number of halogens is 1. The first-order valence-electron chi connectivity index (χ1n) is 14.5. The predicted molar refractivity (Wildman–Crippen MR) is 160 cm³/mol. The summed E-state index contributed by atoms with van der Waals surface area (Å²) in [6.45, 7) is 5.31. The summed E-state index contributed by atoms with van der Waals surface area (Å²) in [5, 5.41) is 3.98. The van der Waals surface area contributed by atoms with Crippen molar-refractivity contribution in [1.29, 1.82) is 0 Å². The number of hydrogen-bond acceptors (Lipinski definition) is 5. The highest BCUT2D eigenvalue weighted by atomic mass is 35.5. The number of nitrogens with zero attached hydrogens (tertiary/aromatic N) is 2. The SMILES string of the molecule is CCOC(=O)N1CCC(C(=O)N(Cc2cccc(Oc3ccccc3Cl)c2)C2CCNCC2)(c2ccccc2)CC1. The highest BCUT2D eigenvalue weighted by Crippen LogP contribution is 2.39. The van der Waals surface area contributed by atoms with Crippen LogP contribution in [0.5, 0.6) is 11.5 Å². The number of likely N-dealkylation sites (tertiary alicyclic amines) is 1. The van der Waals surface area contributed by atoms with Crippen LogP contribution < -0.4 is 10.1 Å². The summed E-state index contributed by atoms with van der Waals surface area (Å²) in [7, 11) is 0. The smallest absolute Gasteiger partial charge is 0.409 e. The molecule has 2 amide bonds. The third-order valence-electron chi connectivity index (χ3n) is 8.20. The molecule has 0 unspecified atom stereocenters. The summed E-state index contributed by atoms with van der Waals surface area (Å²) >= 11 is 6.33. The molecule has 0 aromatic heterocycles. The van der Waals surface area contributed by atoms with Gasteiger partial charge in [-0.3, -0.25) is 4.79 Å². The molecule has 2 aliphatic rings. The van der Waals surface area contributed by atoms with E-state index >= 15 is 0 Å². The molecule has 0 atom stereocenters. The van der Waals surface area contributed by atoms with Crippen LogP contribution in [-0.4, -0.2) is 60.6 Å². The van der Waals surface area contributed by atoms with Gasteiger partial charge in [0.2, 0.25) is 5.91 Å². The fourth-order valence-corrected chi connectivity index (χ4v) is 6.16. The van der Waals surface area contributed by atoms with E-state index in [1.165, 1.54) is 0 Å². The molecular weight excluding hydrogens is 538 g/mol. The van der Waals surface area contributed by atoms with E-state index in [1.54, 1.807) is 11.0 Å². The molecule has 2 saturated heterocycles. The van der Waals surface area contributed by atoms with Gasteiger partial charge in [-0.1, -0.05) is 66.2 Å². The van der Waals surface area contributed by atoms with Gasteiger partial charge in [0.05, 0.1) is 17.0 Å². The third-order valence-corrected chi connectivity index (χ3v) is 8.52. The summed E-state index contributed by atoms with van der Waals surface area (Å²) in [5.74, 6) is 1.39. The fraction of sp³-hybridized carbons (Fsp3) is 0.394. The highest BCUT2D eigenvalue weighted by molar-refractivity contribution is 6.32. The maximum Gasteiger partial charge on any atom is 0.409 e. The number of carbonyl (C=O) groups is 2. The number of benzene rings is 3. The Bertz CT molecular complexity index is 1320. The lowest BCUT2D eigenvalue weighted by Crippen LogP contribution is -2.57. The van der Waals surface area contributed by atoms with Crippen molar-refractivity contribution in [3.8, 4) is 11.5 Å². The van der Waals surface area contributed by atoms with Crippen molar-refractivity contribution in [3.63, 3.8) is 0 Å². The van der Waals surface area contributed by atoms with Gasteiger partial charge in [0.1, 0.15) is 11.5 Å². The molecule has 2 heterocycles. The van der Waals surface area contributed by atoms with Crippen molar-refractivity contribution in [2.75, 3.05) is 32.8 Å². The molecule has 0 aliphatic carbocycles. The van der Waals surface area contributed by atoms with E-state index in [2.05, 4.69) is 22.3 Å². The Labute approximate surface area is 247 Å². The van der Waals surface area contributed by atoms with Crippen LogP contribution in [0.25, 0.3) is 0 Å². The van der Waals surface area contributed by atoms with Crippen LogP contribution in [0.15, 0.2) is 78.9 Å². The van der Waals surface area contributed by atoms with Gasteiger partial charge in [-0.25, -0.2) is 4.79 Å². The van der Waals surface area contributed by atoms with Gasteiger partial charge in [0.25, 0.3) is 0 Å². The lowest BCUT2D eigenvalue weighted by atomic mass is 9.71. The van der Waals surface area contributed by atoms with Gasteiger partial charge < -0.3 is 24.6 Å². The van der Waals surface area contributed by atoms with Gasteiger partial charge in [0.15, 0.2) is 0 Å². The Morgan fingerprint density at radius 2 is 1.68 bits per heavy atom. The number of hydrogen-bond donors (Lipinski definition) is 1. The number of ether oxygens (including phenoxy) is 2. The summed E-state index contributed by atoms with van der Waals surface area (Å²) in [6.07, 6.45) is 2.56. The normalized spacial score (nSPS) is 17.1. The topological polar surface area (TPSA) is 71.1 Å². The predicted octanol–water partition coefficient (Wildman–Crippen LogP) is 6.40. The standard InChI is InChI=1S/C33H38ClN3O4/c1-2-40-32(39)36-21-17-33(18-22-36,26-10-4-3-5-11-26)31(38)37(27-15-19-35-20-16-27)24-25-9-8-12-28(23-25)41-30-14-7-6-13-29(30)34/h3-14,23,27,35H,2,15-22,24H2,1H3. The van der Waals surface area contributed by atoms with Gasteiger partial charge in [-0.15, -0.1) is 0 Å². The number of rotatable bonds is 8. The number of nitrogens with one attached hydrogen (secondary N) is 1. The van der Waals surface area contributed by atoms with E-state index in [0.717, 1.165) is 37.1 Å². The molecule has 0 spiro atoms. The third kappa shape index (κ3) is 6.68. The highest BCUT2D eigenvalue weighted by Gasteiger charge is 2.47. The average Bonchev–Trinajstić information content (AvgIpc) is 3.02. The van der Waals surface area contributed by atoms with E-state index in [4.69, 9.17) is 21.1 Å². The zero-order valence-electron chi connectivity index (χ0n) is 23.6. The maximum absolute atomic E-state index is 14.9. The summed E-state index contributed by atoms with van der Waals surface area (Å²) in [6, 6.07) is 25.5. The van der Waals surface area contributed by atoms with Crippen LogP contribution in [0.2, 0.25) is 5.02 Å². The first kappa shape index (κ1) is 29.0. The Morgan fingerprint density at radius 3 is 2.39 bits per heavy atom. The minimum Gasteiger partial charge on any atom is -0.456 e. The van der Waals surface area contributed by atoms with E-state index in [9.17, 15) is 9.59 Å². The number of para-hydroxylation sites is 1. The van der Waals surface area contributed by atoms with Crippen molar-refractivity contribution >= 4 is 23.6 Å². The average molecular weight is 576 g/mol. The quantitative estimate of drug-likeness (QED) is 0.336. The molecule has 216 valence electrons. The van der Waals surface area contributed by atoms with Crippen LogP contribution in [0.4, 0.5) is 4.79 Å². The van der Waals surface area contributed by atoms with E-state index in [-0.39, 0.29) is 18.0 Å². The van der Waals surface area contributed by atoms with E-state index in [0.29, 0.717) is 55.6 Å². The minimum atomic E-state index is -0.721. The lowest BCUT2D eigenvalue weighted by molar-refractivity contribution is -0.143. The zero-order chi connectivity index (χ0) is 28.7. The van der Waals surface area contributed by atoms with Crippen LogP contribution in [-0.2, 0) is 21.5 Å². The first-order chi connectivity index (χ1) is 20.0. The van der Waals surface area contributed by atoms with Crippen molar-refractivity contribution in [2.24, 2.45) is 0 Å². The minimum absolute atomic E-state index is 0.112. The van der Waals surface area contributed by atoms with Gasteiger partial charge in [-0.2, -0.15) is 0 Å². The molecule has 41 heavy (non-hydrogen) atoms. The second-order valence-corrected chi connectivity index (χ2v) is 11.1. The second kappa shape index (κ2) is 13.4. The van der Waals surface area contributed by atoms with Crippen molar-refractivity contribution in [2.45, 2.75) is 50.6 Å². The van der Waals surface area contributed by atoms with Crippen LogP contribution in [0.3, 0.4) is 0 Å². The molecule has 1 N–H and O–H groups in total. The Kier molecular flexibility index (Phi) is 9.47. The molecule has 0 bridgehead atoms. The number of piperidine rings is 2. The summed E-state index contributed by atoms with van der Waals surface area (Å²) in [4.78, 5) is 31.2. The lowest BCUT2D eigenvalue weighted by Gasteiger charge is -2.46. The molecule has 2 fully saturated rings. The zero-order valence-corrected chi connectivity index (χ0v) is 24.3. The Balaban J connectivity index is 1.44. The maximum atomic E-state index is 14.9. The van der Waals surface area contributed by atoms with Crippen molar-refractivity contribution in [3.05, 3.63) is 95.0 Å². The van der Waals surface area contributed by atoms with Gasteiger partial charge in [0, 0.05) is 25.7 Å². The van der Waals surface area contributed by atoms with Crippen molar-refractivity contribution in [1.82, 2.24) is 15.1 Å². The summed E-state index contributed by atoms with van der Waals surface area (Å²) < 4.78 is 11.4. The molecule has 7 nitrogen and oxygen atoms in total. The number of amides is 2. The Morgan fingerprint density at radius 1 is 0.976 bits per heavy atom. The largest absolute Gasteiger partial charge is 0.456 e. The first-order valence-corrected chi connectivity index (χ1v) is 14.9. The molecular formula is C33H38ClN3O4. The molecule has 0 radical (unpaired) electrons. The molecule has 3 aromatic rings. The molecule has 3 aromatic carbocycles. The molecule has 2 aliphatic heterocycles. The Hall–Kier alpha value is -3.55. The van der Waals surface area contributed by atoms with E-state index < -0.39 is 5.41 Å². The molecule has 8 heteroatoms. The van der Waals surface area contributed by atoms with E-state index in [1.807, 2.05) is 67.6 Å². The van der Waals surface area contributed by atoms with Gasteiger partial charge >= 0.3 is 6.09 Å². The molecule has 5 rings (SSSR count). The van der Waals surface area contributed by atoms with Crippen molar-refractivity contribution < 1.29 is 19.1 Å². The van der Waals surface area contributed by atoms with Gasteiger partial charge in [-0.05, 0) is 81.1 Å². The van der Waals surface area contributed by atoms with Crippen LogP contribution >= 0.6 is 11.6 Å².